The molecule has 0 aromatic heterocycles. The fourth-order valence-corrected chi connectivity index (χ4v) is 4.37. The van der Waals surface area contributed by atoms with E-state index >= 15 is 0 Å². The van der Waals surface area contributed by atoms with Crippen LogP contribution >= 0.6 is 0 Å². The maximum Gasteiger partial charge on any atom is 0.253 e. The van der Waals surface area contributed by atoms with Gasteiger partial charge in [0.25, 0.3) is 5.91 Å². The third-order valence-corrected chi connectivity index (χ3v) is 6.46. The Kier molecular flexibility index (Phi) is 4.84. The monoisotopic (exact) mass is 389 g/mol. The summed E-state index contributed by atoms with van der Waals surface area (Å²) in [6, 6.07) is 18.6. The molecule has 2 amide bonds. The number of amides is 2. The Morgan fingerprint density at radius 1 is 0.724 bits per heavy atom. The van der Waals surface area contributed by atoms with Gasteiger partial charge in [0.2, 0.25) is 5.91 Å². The molecule has 5 rings (SSSR count). The summed E-state index contributed by atoms with van der Waals surface area (Å²) in [5.74, 6) is 0.782. The van der Waals surface area contributed by atoms with Gasteiger partial charge in [0.15, 0.2) is 0 Å². The van der Waals surface area contributed by atoms with Crippen LogP contribution in [0.2, 0.25) is 0 Å². The van der Waals surface area contributed by atoms with Gasteiger partial charge in [-0.15, -0.1) is 0 Å². The van der Waals surface area contributed by atoms with Crippen molar-refractivity contribution in [1.29, 1.82) is 0 Å². The topological polar surface area (TPSA) is 43.9 Å². The second-order valence-electron chi connectivity index (χ2n) is 8.44. The fourth-order valence-electron chi connectivity index (χ4n) is 4.37. The van der Waals surface area contributed by atoms with Gasteiger partial charge in [-0.25, -0.2) is 0 Å². The lowest BCUT2D eigenvalue weighted by Crippen LogP contribution is -2.64. The van der Waals surface area contributed by atoms with Crippen molar-refractivity contribution in [2.45, 2.75) is 18.9 Å². The number of benzene rings is 2. The van der Waals surface area contributed by atoms with E-state index in [4.69, 9.17) is 0 Å². The summed E-state index contributed by atoms with van der Waals surface area (Å²) in [5.41, 5.74) is 3.04. The highest BCUT2D eigenvalue weighted by molar-refractivity contribution is 5.95. The predicted molar refractivity (Wildman–Crippen MR) is 112 cm³/mol. The summed E-state index contributed by atoms with van der Waals surface area (Å²) in [5, 5.41) is 0. The van der Waals surface area contributed by atoms with E-state index in [1.165, 1.54) is 0 Å². The van der Waals surface area contributed by atoms with Crippen LogP contribution in [0.3, 0.4) is 0 Å². The van der Waals surface area contributed by atoms with E-state index in [2.05, 4.69) is 17.0 Å². The number of carbonyl (C=O) groups excluding carboxylic acids is 2. The summed E-state index contributed by atoms with van der Waals surface area (Å²) < 4.78 is 0. The molecule has 2 saturated heterocycles. The standard InChI is InChI=1S/C24H27N3O2/c28-23(20-10-11-20)26-14-12-25(13-15-26)22-16-27(17-22)24(29)21-8-6-19(7-9-21)18-4-2-1-3-5-18/h1-9,20,22H,10-17H2. The average Bonchev–Trinajstić information content (AvgIpc) is 3.59. The Morgan fingerprint density at radius 3 is 1.97 bits per heavy atom. The summed E-state index contributed by atoms with van der Waals surface area (Å²) in [6.07, 6.45) is 2.15. The van der Waals surface area contributed by atoms with E-state index in [9.17, 15) is 9.59 Å². The van der Waals surface area contributed by atoms with Gasteiger partial charge in [-0.1, -0.05) is 42.5 Å². The molecule has 2 heterocycles. The van der Waals surface area contributed by atoms with Crippen LogP contribution in [0.5, 0.6) is 0 Å². The number of hydrogen-bond acceptors (Lipinski definition) is 3. The first-order chi connectivity index (χ1) is 14.2. The number of piperazine rings is 1. The van der Waals surface area contributed by atoms with E-state index < -0.39 is 0 Å². The van der Waals surface area contributed by atoms with Crippen molar-refractivity contribution < 1.29 is 9.59 Å². The number of nitrogens with zero attached hydrogens (tertiary/aromatic N) is 3. The number of carbonyl (C=O) groups is 2. The van der Waals surface area contributed by atoms with Crippen LogP contribution in [-0.4, -0.2) is 71.8 Å². The number of rotatable bonds is 4. The van der Waals surface area contributed by atoms with Crippen LogP contribution in [-0.2, 0) is 4.79 Å². The molecule has 2 aliphatic heterocycles. The van der Waals surface area contributed by atoms with Crippen LogP contribution in [0.4, 0.5) is 0 Å². The molecular weight excluding hydrogens is 362 g/mol. The first kappa shape index (κ1) is 18.4. The summed E-state index contributed by atoms with van der Waals surface area (Å²) in [7, 11) is 0. The molecule has 150 valence electrons. The molecule has 0 unspecified atom stereocenters. The van der Waals surface area contributed by atoms with Gasteiger partial charge in [0.1, 0.15) is 0 Å². The van der Waals surface area contributed by atoms with E-state index in [-0.39, 0.29) is 5.91 Å². The predicted octanol–water partition coefficient (Wildman–Crippen LogP) is 2.73. The highest BCUT2D eigenvalue weighted by atomic mass is 16.2. The van der Waals surface area contributed by atoms with Crippen molar-refractivity contribution in [3.63, 3.8) is 0 Å². The molecule has 5 nitrogen and oxygen atoms in total. The first-order valence-corrected chi connectivity index (χ1v) is 10.7. The smallest absolute Gasteiger partial charge is 0.253 e. The van der Waals surface area contributed by atoms with Crippen molar-refractivity contribution >= 4 is 11.8 Å². The Hall–Kier alpha value is -2.66. The zero-order chi connectivity index (χ0) is 19.8. The van der Waals surface area contributed by atoms with Crippen molar-refractivity contribution in [1.82, 2.24) is 14.7 Å². The van der Waals surface area contributed by atoms with E-state index in [0.717, 1.165) is 68.8 Å². The SMILES string of the molecule is O=C(c1ccc(-c2ccccc2)cc1)N1CC(N2CCN(C(=O)C3CC3)CC2)C1. The molecule has 0 atom stereocenters. The van der Waals surface area contributed by atoms with Crippen LogP contribution < -0.4 is 0 Å². The zero-order valence-corrected chi connectivity index (χ0v) is 16.7. The Balaban J connectivity index is 1.12. The van der Waals surface area contributed by atoms with Crippen LogP contribution in [0.1, 0.15) is 23.2 Å². The minimum absolute atomic E-state index is 0.114. The van der Waals surface area contributed by atoms with Gasteiger partial charge < -0.3 is 9.80 Å². The maximum atomic E-state index is 12.8. The molecule has 1 saturated carbocycles. The highest BCUT2D eigenvalue weighted by Crippen LogP contribution is 2.31. The molecule has 2 aromatic rings. The van der Waals surface area contributed by atoms with E-state index in [1.54, 1.807) is 0 Å². The van der Waals surface area contributed by atoms with E-state index in [1.807, 2.05) is 52.3 Å². The molecule has 29 heavy (non-hydrogen) atoms. The van der Waals surface area contributed by atoms with Gasteiger partial charge in [0, 0.05) is 56.8 Å². The Morgan fingerprint density at radius 2 is 1.34 bits per heavy atom. The molecule has 1 aliphatic carbocycles. The molecule has 0 spiro atoms. The summed E-state index contributed by atoms with van der Waals surface area (Å²) in [6.45, 7) is 5.10. The minimum Gasteiger partial charge on any atom is -0.340 e. The van der Waals surface area contributed by atoms with Crippen LogP contribution in [0.25, 0.3) is 11.1 Å². The van der Waals surface area contributed by atoms with E-state index in [0.29, 0.717) is 17.9 Å². The highest BCUT2D eigenvalue weighted by Gasteiger charge is 2.39. The number of hydrogen-bond donors (Lipinski definition) is 0. The lowest BCUT2D eigenvalue weighted by Gasteiger charge is -2.48. The fraction of sp³-hybridized carbons (Fsp3) is 0.417. The lowest BCUT2D eigenvalue weighted by atomic mass is 10.0. The van der Waals surface area contributed by atoms with Gasteiger partial charge in [-0.3, -0.25) is 14.5 Å². The largest absolute Gasteiger partial charge is 0.340 e. The summed E-state index contributed by atoms with van der Waals surface area (Å²) in [4.78, 5) is 31.4. The van der Waals surface area contributed by atoms with Crippen molar-refractivity contribution in [2.24, 2.45) is 5.92 Å². The first-order valence-electron chi connectivity index (χ1n) is 10.7. The molecule has 0 N–H and O–H groups in total. The molecule has 0 bridgehead atoms. The minimum atomic E-state index is 0.114. The second kappa shape index (κ2) is 7.64. The van der Waals surface area contributed by atoms with Gasteiger partial charge in [-0.05, 0) is 36.1 Å². The Labute approximate surface area is 171 Å². The van der Waals surface area contributed by atoms with Gasteiger partial charge in [-0.2, -0.15) is 0 Å². The van der Waals surface area contributed by atoms with Gasteiger partial charge in [0.05, 0.1) is 0 Å². The molecule has 3 fully saturated rings. The second-order valence-corrected chi connectivity index (χ2v) is 8.44. The average molecular weight is 389 g/mol. The van der Waals surface area contributed by atoms with Crippen molar-refractivity contribution in [3.8, 4) is 11.1 Å². The zero-order valence-electron chi connectivity index (χ0n) is 16.7. The third-order valence-electron chi connectivity index (χ3n) is 6.46. The van der Waals surface area contributed by atoms with Crippen LogP contribution in [0.15, 0.2) is 54.6 Å². The lowest BCUT2D eigenvalue weighted by molar-refractivity contribution is -0.135. The van der Waals surface area contributed by atoms with Crippen molar-refractivity contribution in [2.75, 3.05) is 39.3 Å². The van der Waals surface area contributed by atoms with Gasteiger partial charge >= 0.3 is 0 Å². The quantitative estimate of drug-likeness (QED) is 0.808. The van der Waals surface area contributed by atoms with Crippen LogP contribution in [0, 0.1) is 5.92 Å². The maximum absolute atomic E-state index is 12.8. The molecule has 0 radical (unpaired) electrons. The third kappa shape index (κ3) is 3.79. The number of likely N-dealkylation sites (tertiary alicyclic amines) is 1. The summed E-state index contributed by atoms with van der Waals surface area (Å²) >= 11 is 0. The molecule has 5 heteroatoms. The molecular formula is C24H27N3O2. The Bertz CT molecular complexity index is 878. The molecule has 2 aromatic carbocycles. The molecule has 3 aliphatic rings. The van der Waals surface area contributed by atoms with Crippen molar-refractivity contribution in [3.05, 3.63) is 60.2 Å². The normalized spacial score (nSPS) is 20.4.